The Balaban J connectivity index is 4.33. The third-order valence-corrected chi connectivity index (χ3v) is 1.29. The van der Waals surface area contributed by atoms with E-state index in [-0.39, 0.29) is 0 Å². The van der Waals surface area contributed by atoms with Crippen LogP contribution in [0.25, 0.3) is 0 Å². The van der Waals surface area contributed by atoms with Crippen molar-refractivity contribution in [3.8, 4) is 0 Å². The van der Waals surface area contributed by atoms with E-state index in [1.165, 1.54) is 5.82 Å². The van der Waals surface area contributed by atoms with Gasteiger partial charge in [-0.05, 0) is 0 Å². The molecule has 0 N–H and O–H groups in total. The van der Waals surface area contributed by atoms with Crippen LogP contribution in [0.5, 0.6) is 0 Å². The molecule has 0 rings (SSSR count). The monoisotopic (exact) mass is 157 g/mol. The molecule has 0 aromatic heterocycles. The minimum absolute atomic E-state index is 1.19. The molecule has 0 radical (unpaired) electrons. The molecule has 3 nitrogen and oxygen atoms in total. The molecule has 0 atom stereocenters. The molecule has 0 aliphatic rings. The summed E-state index contributed by atoms with van der Waals surface area (Å²) in [5, 5.41) is 0. The normalized spacial score (nSPS) is 8.91. The molecule has 0 amide bonds. The first-order valence-corrected chi connectivity index (χ1v) is 3.68. The summed E-state index contributed by atoms with van der Waals surface area (Å²) in [7, 11) is 12.2. The Morgan fingerprint density at radius 1 is 0.818 bits per heavy atom. The summed E-state index contributed by atoms with van der Waals surface area (Å²) in [6, 6.07) is 0. The lowest BCUT2D eigenvalue weighted by Gasteiger charge is -2.25. The molecule has 0 spiro atoms. The summed E-state index contributed by atoms with van der Waals surface area (Å²) in [5.74, 6) is 1.19. The van der Waals surface area contributed by atoms with Gasteiger partial charge in [0.05, 0.1) is 0 Å². The summed E-state index contributed by atoms with van der Waals surface area (Å²) in [6.45, 7) is 0. The molecule has 3 heteroatoms. The molecule has 0 saturated carbocycles. The highest BCUT2D eigenvalue weighted by Gasteiger charge is 2.00. The van der Waals surface area contributed by atoms with E-state index >= 15 is 0 Å². The standard InChI is InChI=1S/C8H19N3/c1-9(2)7-8(10(3)4)11(5)6/h7H,1-6H3. The van der Waals surface area contributed by atoms with Gasteiger partial charge < -0.3 is 14.7 Å². The van der Waals surface area contributed by atoms with Crippen LogP contribution in [0.2, 0.25) is 0 Å². The maximum absolute atomic E-state index is 2.08. The van der Waals surface area contributed by atoms with Crippen molar-refractivity contribution < 1.29 is 0 Å². The highest BCUT2D eigenvalue weighted by Crippen LogP contribution is 2.01. The van der Waals surface area contributed by atoms with Crippen LogP contribution in [-0.2, 0) is 0 Å². The summed E-state index contributed by atoms with van der Waals surface area (Å²) in [5.41, 5.74) is 0. The topological polar surface area (TPSA) is 9.72 Å². The number of nitrogens with zero attached hydrogens (tertiary/aromatic N) is 3. The highest BCUT2D eigenvalue weighted by molar-refractivity contribution is 4.95. The lowest BCUT2D eigenvalue weighted by atomic mass is 10.5. The van der Waals surface area contributed by atoms with Gasteiger partial charge in [0.1, 0.15) is 5.82 Å². The van der Waals surface area contributed by atoms with E-state index in [9.17, 15) is 0 Å². The second-order valence-corrected chi connectivity index (χ2v) is 3.24. The van der Waals surface area contributed by atoms with Crippen molar-refractivity contribution in [2.75, 3.05) is 42.3 Å². The molecule has 0 unspecified atom stereocenters. The Labute approximate surface area is 69.9 Å². The molecule has 0 aromatic rings. The minimum atomic E-state index is 1.19. The predicted molar refractivity (Wildman–Crippen MR) is 49.1 cm³/mol. The van der Waals surface area contributed by atoms with Crippen molar-refractivity contribution in [1.82, 2.24) is 14.7 Å². The fourth-order valence-electron chi connectivity index (χ4n) is 0.862. The molecule has 0 bridgehead atoms. The van der Waals surface area contributed by atoms with Gasteiger partial charge in [0, 0.05) is 48.5 Å². The maximum Gasteiger partial charge on any atom is 0.119 e. The van der Waals surface area contributed by atoms with Crippen LogP contribution in [0.4, 0.5) is 0 Å². The van der Waals surface area contributed by atoms with E-state index < -0.39 is 0 Å². The zero-order valence-corrected chi connectivity index (χ0v) is 8.42. The number of rotatable bonds is 3. The molecular formula is C8H19N3. The zero-order valence-electron chi connectivity index (χ0n) is 8.42. The molecule has 0 aliphatic heterocycles. The van der Waals surface area contributed by atoms with Crippen LogP contribution in [0.15, 0.2) is 12.0 Å². The lowest BCUT2D eigenvalue weighted by Crippen LogP contribution is -2.26. The summed E-state index contributed by atoms with van der Waals surface area (Å²) >= 11 is 0. The van der Waals surface area contributed by atoms with E-state index in [1.54, 1.807) is 0 Å². The van der Waals surface area contributed by atoms with Crippen molar-refractivity contribution in [1.29, 1.82) is 0 Å². The van der Waals surface area contributed by atoms with Crippen molar-refractivity contribution in [3.63, 3.8) is 0 Å². The third kappa shape index (κ3) is 3.75. The van der Waals surface area contributed by atoms with E-state index in [0.29, 0.717) is 0 Å². The smallest absolute Gasteiger partial charge is 0.119 e. The van der Waals surface area contributed by atoms with E-state index in [2.05, 4.69) is 16.0 Å². The second kappa shape index (κ2) is 4.11. The van der Waals surface area contributed by atoms with E-state index in [1.807, 2.05) is 47.2 Å². The molecule has 0 aliphatic carbocycles. The lowest BCUT2D eigenvalue weighted by molar-refractivity contribution is 0.326. The predicted octanol–water partition coefficient (Wildman–Crippen LogP) is 0.470. The van der Waals surface area contributed by atoms with Gasteiger partial charge in [-0.15, -0.1) is 0 Å². The SMILES string of the molecule is CN(C)C=C(N(C)C)N(C)C. The first kappa shape index (κ1) is 10.1. The van der Waals surface area contributed by atoms with Crippen LogP contribution in [0, 0.1) is 0 Å². The molecule has 0 fully saturated rings. The average Bonchev–Trinajstić information content (AvgIpc) is 1.81. The van der Waals surface area contributed by atoms with Crippen LogP contribution in [-0.4, -0.2) is 57.0 Å². The minimum Gasteiger partial charge on any atom is -0.381 e. The molecule has 0 saturated heterocycles. The van der Waals surface area contributed by atoms with Crippen molar-refractivity contribution >= 4 is 0 Å². The molecule has 66 valence electrons. The van der Waals surface area contributed by atoms with Crippen LogP contribution in [0.1, 0.15) is 0 Å². The third-order valence-electron chi connectivity index (χ3n) is 1.29. The quantitative estimate of drug-likeness (QED) is 0.589. The van der Waals surface area contributed by atoms with Gasteiger partial charge in [-0.2, -0.15) is 0 Å². The second-order valence-electron chi connectivity index (χ2n) is 3.24. The Morgan fingerprint density at radius 3 is 1.27 bits per heavy atom. The van der Waals surface area contributed by atoms with Gasteiger partial charge in [-0.25, -0.2) is 0 Å². The van der Waals surface area contributed by atoms with Crippen LogP contribution < -0.4 is 0 Å². The number of hydrogen-bond acceptors (Lipinski definition) is 3. The van der Waals surface area contributed by atoms with Crippen molar-refractivity contribution in [2.24, 2.45) is 0 Å². The molecule has 11 heavy (non-hydrogen) atoms. The van der Waals surface area contributed by atoms with Gasteiger partial charge in [-0.1, -0.05) is 0 Å². The van der Waals surface area contributed by atoms with Gasteiger partial charge in [0.25, 0.3) is 0 Å². The van der Waals surface area contributed by atoms with Gasteiger partial charge in [0.15, 0.2) is 0 Å². The zero-order chi connectivity index (χ0) is 9.02. The molecule has 0 aromatic carbocycles. The fourth-order valence-corrected chi connectivity index (χ4v) is 0.862. The van der Waals surface area contributed by atoms with E-state index in [0.717, 1.165) is 0 Å². The van der Waals surface area contributed by atoms with Gasteiger partial charge in [-0.3, -0.25) is 0 Å². The van der Waals surface area contributed by atoms with Crippen LogP contribution in [0.3, 0.4) is 0 Å². The summed E-state index contributed by atoms with van der Waals surface area (Å²) < 4.78 is 0. The first-order valence-electron chi connectivity index (χ1n) is 3.68. The fraction of sp³-hybridized carbons (Fsp3) is 0.750. The first-order chi connectivity index (χ1) is 4.95. The average molecular weight is 157 g/mol. The summed E-state index contributed by atoms with van der Waals surface area (Å²) in [4.78, 5) is 6.20. The van der Waals surface area contributed by atoms with Crippen LogP contribution >= 0.6 is 0 Å². The van der Waals surface area contributed by atoms with Crippen molar-refractivity contribution in [3.05, 3.63) is 12.0 Å². The number of hydrogen-bond donors (Lipinski definition) is 0. The largest absolute Gasteiger partial charge is 0.381 e. The Morgan fingerprint density at radius 2 is 1.18 bits per heavy atom. The highest BCUT2D eigenvalue weighted by atomic mass is 15.3. The summed E-state index contributed by atoms with van der Waals surface area (Å²) in [6.07, 6.45) is 2.08. The Hall–Kier alpha value is -0.860. The van der Waals surface area contributed by atoms with Crippen molar-refractivity contribution in [2.45, 2.75) is 0 Å². The van der Waals surface area contributed by atoms with E-state index in [4.69, 9.17) is 0 Å². The Kier molecular flexibility index (Phi) is 3.79. The van der Waals surface area contributed by atoms with Gasteiger partial charge >= 0.3 is 0 Å². The van der Waals surface area contributed by atoms with Gasteiger partial charge in [0.2, 0.25) is 0 Å². The maximum atomic E-state index is 2.08. The molecular weight excluding hydrogens is 138 g/mol. The Bertz CT molecular complexity index is 126. The molecule has 0 heterocycles.